The predicted molar refractivity (Wildman–Crippen MR) is 127 cm³/mol. The standard InChI is InChI=1S/C24H25ClN2O4S/c1-16(10-19-4-3-9-32-19)27(13-17-5-7-18(29-2)8-6-17)14-24(28)26-21-12-23-22(11-20(21)25)30-15-31-23/h3-9,11-12,16H,10,13-15H2,1-2H3,(H,26,28)/t16-/m0/s1. The van der Waals surface area contributed by atoms with Crippen LogP contribution in [0, 0.1) is 0 Å². The topological polar surface area (TPSA) is 60.0 Å². The fourth-order valence-corrected chi connectivity index (χ4v) is 4.60. The highest BCUT2D eigenvalue weighted by Gasteiger charge is 2.21. The lowest BCUT2D eigenvalue weighted by molar-refractivity contribution is -0.118. The normalized spacial score (nSPS) is 13.2. The molecule has 0 radical (unpaired) electrons. The summed E-state index contributed by atoms with van der Waals surface area (Å²) in [5.41, 5.74) is 1.62. The molecule has 6 nitrogen and oxygen atoms in total. The first-order valence-electron chi connectivity index (χ1n) is 10.3. The monoisotopic (exact) mass is 472 g/mol. The molecule has 0 unspecified atom stereocenters. The molecule has 0 fully saturated rings. The molecule has 2 aromatic carbocycles. The third-order valence-corrected chi connectivity index (χ3v) is 6.54. The molecule has 1 atom stereocenters. The molecule has 2 heterocycles. The van der Waals surface area contributed by atoms with Gasteiger partial charge in [0.2, 0.25) is 12.7 Å². The van der Waals surface area contributed by atoms with Crippen molar-refractivity contribution in [1.29, 1.82) is 0 Å². The lowest BCUT2D eigenvalue weighted by Crippen LogP contribution is -2.40. The lowest BCUT2D eigenvalue weighted by atomic mass is 10.1. The first-order valence-corrected chi connectivity index (χ1v) is 11.6. The van der Waals surface area contributed by atoms with Crippen LogP contribution in [0.3, 0.4) is 0 Å². The molecular weight excluding hydrogens is 448 g/mol. The van der Waals surface area contributed by atoms with Crippen molar-refractivity contribution in [2.24, 2.45) is 0 Å². The van der Waals surface area contributed by atoms with E-state index in [9.17, 15) is 4.79 Å². The number of carbonyl (C=O) groups excluding carboxylic acids is 1. The van der Waals surface area contributed by atoms with E-state index in [2.05, 4.69) is 34.7 Å². The van der Waals surface area contributed by atoms with E-state index < -0.39 is 0 Å². The predicted octanol–water partition coefficient (Wildman–Crippen LogP) is 5.21. The van der Waals surface area contributed by atoms with E-state index in [0.717, 1.165) is 17.7 Å². The van der Waals surface area contributed by atoms with Gasteiger partial charge in [-0.25, -0.2) is 0 Å². The van der Waals surface area contributed by atoms with Crippen LogP contribution in [-0.4, -0.2) is 37.3 Å². The van der Waals surface area contributed by atoms with Crippen LogP contribution in [0.4, 0.5) is 5.69 Å². The number of rotatable bonds is 9. The summed E-state index contributed by atoms with van der Waals surface area (Å²) < 4.78 is 16.0. The Labute approximate surface area is 196 Å². The van der Waals surface area contributed by atoms with Gasteiger partial charge < -0.3 is 19.5 Å². The van der Waals surface area contributed by atoms with Gasteiger partial charge >= 0.3 is 0 Å². The van der Waals surface area contributed by atoms with Crippen molar-refractivity contribution in [2.75, 3.05) is 25.8 Å². The van der Waals surface area contributed by atoms with E-state index in [1.807, 2.05) is 24.3 Å². The summed E-state index contributed by atoms with van der Waals surface area (Å²) in [5, 5.41) is 5.41. The van der Waals surface area contributed by atoms with Gasteiger partial charge in [-0.2, -0.15) is 0 Å². The zero-order valence-electron chi connectivity index (χ0n) is 18.0. The molecule has 4 rings (SSSR count). The largest absolute Gasteiger partial charge is 0.497 e. The van der Waals surface area contributed by atoms with Gasteiger partial charge in [0.1, 0.15) is 5.75 Å². The summed E-state index contributed by atoms with van der Waals surface area (Å²) >= 11 is 8.06. The average molecular weight is 473 g/mol. The van der Waals surface area contributed by atoms with Gasteiger partial charge in [0.05, 0.1) is 24.4 Å². The Kier molecular flexibility index (Phi) is 7.19. The fourth-order valence-electron chi connectivity index (χ4n) is 3.57. The molecule has 1 aliphatic rings. The maximum Gasteiger partial charge on any atom is 0.238 e. The number of amides is 1. The second kappa shape index (κ2) is 10.3. The number of methoxy groups -OCH3 is 1. The number of anilines is 1. The molecule has 1 amide bonds. The number of nitrogens with one attached hydrogen (secondary N) is 1. The van der Waals surface area contributed by atoms with Crippen molar-refractivity contribution in [3.8, 4) is 17.2 Å². The van der Waals surface area contributed by atoms with E-state index in [0.29, 0.717) is 28.8 Å². The van der Waals surface area contributed by atoms with E-state index >= 15 is 0 Å². The number of hydrogen-bond donors (Lipinski definition) is 1. The summed E-state index contributed by atoms with van der Waals surface area (Å²) in [6.07, 6.45) is 0.867. The third kappa shape index (κ3) is 5.54. The van der Waals surface area contributed by atoms with E-state index in [4.69, 9.17) is 25.8 Å². The van der Waals surface area contributed by atoms with Crippen molar-refractivity contribution in [2.45, 2.75) is 25.9 Å². The molecule has 0 bridgehead atoms. The van der Waals surface area contributed by atoms with Gasteiger partial charge in [0.15, 0.2) is 11.5 Å². The van der Waals surface area contributed by atoms with Gasteiger partial charge in [-0.1, -0.05) is 29.8 Å². The number of hydrogen-bond acceptors (Lipinski definition) is 6. The van der Waals surface area contributed by atoms with Crippen LogP contribution < -0.4 is 19.5 Å². The van der Waals surface area contributed by atoms with Crippen molar-refractivity contribution >= 4 is 34.5 Å². The van der Waals surface area contributed by atoms with E-state index in [1.54, 1.807) is 30.6 Å². The number of thiophene rings is 1. The van der Waals surface area contributed by atoms with Crippen LogP contribution in [0.2, 0.25) is 5.02 Å². The number of ether oxygens (including phenoxy) is 3. The Balaban J connectivity index is 1.47. The summed E-state index contributed by atoms with van der Waals surface area (Å²) in [6, 6.07) is 15.6. The SMILES string of the molecule is COc1ccc(CN(CC(=O)Nc2cc3c(cc2Cl)OCO3)[C@@H](C)Cc2cccs2)cc1. The summed E-state index contributed by atoms with van der Waals surface area (Å²) in [4.78, 5) is 16.4. The Morgan fingerprint density at radius 3 is 2.66 bits per heavy atom. The van der Waals surface area contributed by atoms with Crippen molar-refractivity contribution in [3.05, 3.63) is 69.4 Å². The Hall–Kier alpha value is -2.74. The Bertz CT molecular complexity index is 1060. The maximum atomic E-state index is 13.0. The molecule has 0 saturated heterocycles. The molecule has 0 spiro atoms. The number of halogens is 1. The highest BCUT2D eigenvalue weighted by atomic mass is 35.5. The minimum Gasteiger partial charge on any atom is -0.497 e. The second-order valence-electron chi connectivity index (χ2n) is 7.62. The van der Waals surface area contributed by atoms with Crippen LogP contribution in [0.1, 0.15) is 17.4 Å². The van der Waals surface area contributed by atoms with Crippen molar-refractivity contribution in [3.63, 3.8) is 0 Å². The van der Waals surface area contributed by atoms with Gasteiger partial charge in [0.25, 0.3) is 0 Å². The zero-order valence-corrected chi connectivity index (χ0v) is 19.5. The number of nitrogens with zero attached hydrogens (tertiary/aromatic N) is 1. The lowest BCUT2D eigenvalue weighted by Gasteiger charge is -2.28. The smallest absolute Gasteiger partial charge is 0.238 e. The van der Waals surface area contributed by atoms with Crippen LogP contribution in [-0.2, 0) is 17.8 Å². The van der Waals surface area contributed by atoms with Crippen molar-refractivity contribution in [1.82, 2.24) is 4.90 Å². The summed E-state index contributed by atoms with van der Waals surface area (Å²) in [7, 11) is 1.65. The van der Waals surface area contributed by atoms with Crippen LogP contribution in [0.25, 0.3) is 0 Å². The molecule has 0 aliphatic carbocycles. The molecule has 1 N–H and O–H groups in total. The minimum atomic E-state index is -0.141. The molecule has 1 aliphatic heterocycles. The quantitative estimate of drug-likeness (QED) is 0.463. The number of fused-ring (bicyclic) bond motifs is 1. The molecule has 8 heteroatoms. The highest BCUT2D eigenvalue weighted by Crippen LogP contribution is 2.39. The Morgan fingerprint density at radius 1 is 1.22 bits per heavy atom. The van der Waals surface area contributed by atoms with E-state index in [1.165, 1.54) is 4.88 Å². The molecule has 168 valence electrons. The number of carbonyl (C=O) groups is 1. The zero-order chi connectivity index (χ0) is 22.5. The van der Waals surface area contributed by atoms with Crippen LogP contribution >= 0.6 is 22.9 Å². The second-order valence-corrected chi connectivity index (χ2v) is 9.06. The maximum absolute atomic E-state index is 13.0. The number of benzene rings is 2. The van der Waals surface area contributed by atoms with Gasteiger partial charge in [-0.3, -0.25) is 9.69 Å². The first kappa shape index (κ1) is 22.5. The molecule has 1 aromatic heterocycles. The first-order chi connectivity index (χ1) is 15.5. The van der Waals surface area contributed by atoms with Gasteiger partial charge in [0, 0.05) is 29.6 Å². The minimum absolute atomic E-state index is 0.141. The van der Waals surface area contributed by atoms with Crippen LogP contribution in [0.5, 0.6) is 17.2 Å². The summed E-state index contributed by atoms with van der Waals surface area (Å²) in [6.45, 7) is 3.16. The average Bonchev–Trinajstić information content (AvgIpc) is 3.45. The molecular formula is C24H25ClN2O4S. The highest BCUT2D eigenvalue weighted by molar-refractivity contribution is 7.09. The molecule has 0 saturated carbocycles. The van der Waals surface area contributed by atoms with Gasteiger partial charge in [-0.05, 0) is 42.5 Å². The molecule has 32 heavy (non-hydrogen) atoms. The third-order valence-electron chi connectivity index (χ3n) is 5.33. The summed E-state index contributed by atoms with van der Waals surface area (Å²) in [5.74, 6) is 1.82. The van der Waals surface area contributed by atoms with Crippen molar-refractivity contribution < 1.29 is 19.0 Å². The Morgan fingerprint density at radius 2 is 1.97 bits per heavy atom. The van der Waals surface area contributed by atoms with E-state index in [-0.39, 0.29) is 25.3 Å². The molecule has 3 aromatic rings. The van der Waals surface area contributed by atoms with Crippen LogP contribution in [0.15, 0.2) is 53.9 Å². The van der Waals surface area contributed by atoms with Gasteiger partial charge in [-0.15, -0.1) is 11.3 Å². The fraction of sp³-hybridized carbons (Fsp3) is 0.292.